The van der Waals surface area contributed by atoms with Gasteiger partial charge in [-0.25, -0.2) is 15.0 Å². The van der Waals surface area contributed by atoms with E-state index in [0.717, 1.165) is 15.5 Å². The van der Waals surface area contributed by atoms with Gasteiger partial charge in [0.25, 0.3) is 5.56 Å². The van der Waals surface area contributed by atoms with E-state index in [1.165, 1.54) is 24.7 Å². The Kier molecular flexibility index (Phi) is 6.50. The quantitative estimate of drug-likeness (QED) is 0.347. The standard InChI is InChI=1S/C21H19ClF2N8O2/c1-12-6-30-18(31-11-21(23,24)20-25-3-2-4-26-20)19(34)32(12)10-17(33)29-7-13-5-14-15(22)8-28-16(14)9-27-13/h2-6,8-9,28H,7,10-11H2,1H3,(H,29,33)(H,30,31). The number of pyridine rings is 1. The lowest BCUT2D eigenvalue weighted by Crippen LogP contribution is -2.36. The topological polar surface area (TPSA) is 130 Å². The number of rotatable bonds is 8. The Morgan fingerprint density at radius 3 is 2.74 bits per heavy atom. The second kappa shape index (κ2) is 9.51. The van der Waals surface area contributed by atoms with Crippen molar-refractivity contribution in [1.82, 2.24) is 34.8 Å². The highest BCUT2D eigenvalue weighted by atomic mass is 35.5. The number of anilines is 1. The first-order chi connectivity index (χ1) is 16.2. The number of aromatic nitrogens is 6. The van der Waals surface area contributed by atoms with Gasteiger partial charge in [0, 0.05) is 35.9 Å². The molecule has 4 aromatic rings. The van der Waals surface area contributed by atoms with Gasteiger partial charge < -0.3 is 15.6 Å². The monoisotopic (exact) mass is 488 g/mol. The van der Waals surface area contributed by atoms with Crippen LogP contribution in [0.2, 0.25) is 5.02 Å². The minimum Gasteiger partial charge on any atom is -0.359 e. The zero-order valence-corrected chi connectivity index (χ0v) is 18.6. The number of carbonyl (C=O) groups excluding carboxylic acids is 1. The second-order valence-electron chi connectivity index (χ2n) is 7.40. The molecule has 0 aromatic carbocycles. The number of alkyl halides is 2. The van der Waals surface area contributed by atoms with Crippen LogP contribution in [0.4, 0.5) is 14.6 Å². The number of hydrogen-bond acceptors (Lipinski definition) is 7. The molecule has 0 aliphatic carbocycles. The van der Waals surface area contributed by atoms with Crippen molar-refractivity contribution in [2.75, 3.05) is 11.9 Å². The van der Waals surface area contributed by atoms with Crippen LogP contribution in [0.15, 0.2) is 47.9 Å². The van der Waals surface area contributed by atoms with E-state index >= 15 is 0 Å². The van der Waals surface area contributed by atoms with Crippen LogP contribution in [-0.4, -0.2) is 41.9 Å². The summed E-state index contributed by atoms with van der Waals surface area (Å²) in [6, 6.07) is 3.17. The summed E-state index contributed by atoms with van der Waals surface area (Å²) in [6.45, 7) is 0.433. The van der Waals surface area contributed by atoms with E-state index in [9.17, 15) is 18.4 Å². The predicted octanol–water partition coefficient (Wildman–Crippen LogP) is 2.39. The first kappa shape index (κ1) is 23.2. The van der Waals surface area contributed by atoms with Crippen molar-refractivity contribution in [3.63, 3.8) is 0 Å². The summed E-state index contributed by atoms with van der Waals surface area (Å²) in [5.41, 5.74) is 1.03. The molecule has 34 heavy (non-hydrogen) atoms. The molecule has 176 valence electrons. The van der Waals surface area contributed by atoms with Gasteiger partial charge in [-0.15, -0.1) is 0 Å². The smallest absolute Gasteiger partial charge is 0.323 e. The maximum Gasteiger partial charge on any atom is 0.323 e. The number of fused-ring (bicyclic) bond motifs is 1. The Morgan fingerprint density at radius 2 is 1.97 bits per heavy atom. The van der Waals surface area contributed by atoms with Gasteiger partial charge in [0.2, 0.25) is 11.7 Å². The van der Waals surface area contributed by atoms with E-state index in [2.05, 4.69) is 35.6 Å². The Hall–Kier alpha value is -3.93. The summed E-state index contributed by atoms with van der Waals surface area (Å²) in [4.78, 5) is 43.4. The van der Waals surface area contributed by atoms with Crippen molar-refractivity contribution >= 4 is 34.2 Å². The number of amides is 1. The zero-order chi connectivity index (χ0) is 24.3. The van der Waals surface area contributed by atoms with Gasteiger partial charge in [0.1, 0.15) is 6.54 Å². The Morgan fingerprint density at radius 1 is 1.21 bits per heavy atom. The maximum atomic E-state index is 14.3. The summed E-state index contributed by atoms with van der Waals surface area (Å²) in [6.07, 6.45) is 6.97. The first-order valence-corrected chi connectivity index (χ1v) is 10.5. The number of hydrogen-bond donors (Lipinski definition) is 3. The molecule has 3 N–H and O–H groups in total. The molecule has 0 aliphatic heterocycles. The van der Waals surface area contributed by atoms with E-state index in [0.29, 0.717) is 16.4 Å². The van der Waals surface area contributed by atoms with Gasteiger partial charge in [0.05, 0.1) is 35.5 Å². The van der Waals surface area contributed by atoms with Gasteiger partial charge in [0.15, 0.2) is 5.82 Å². The molecule has 0 aliphatic rings. The van der Waals surface area contributed by atoms with Gasteiger partial charge >= 0.3 is 5.92 Å². The number of nitrogens with zero attached hydrogens (tertiary/aromatic N) is 5. The molecular weight excluding hydrogens is 470 g/mol. The van der Waals surface area contributed by atoms with Crippen LogP contribution in [0, 0.1) is 6.92 Å². The summed E-state index contributed by atoms with van der Waals surface area (Å²) >= 11 is 6.10. The third-order valence-corrected chi connectivity index (χ3v) is 5.28. The number of H-pyrrole nitrogens is 1. The highest BCUT2D eigenvalue weighted by Gasteiger charge is 2.35. The van der Waals surface area contributed by atoms with Crippen LogP contribution in [-0.2, 0) is 23.8 Å². The van der Waals surface area contributed by atoms with Crippen LogP contribution >= 0.6 is 11.6 Å². The molecular formula is C21H19ClF2N8O2. The molecule has 4 rings (SSSR count). The van der Waals surface area contributed by atoms with Crippen molar-refractivity contribution in [3.05, 3.63) is 75.7 Å². The summed E-state index contributed by atoms with van der Waals surface area (Å²) in [5, 5.41) is 6.33. The van der Waals surface area contributed by atoms with Gasteiger partial charge in [-0.2, -0.15) is 8.78 Å². The van der Waals surface area contributed by atoms with E-state index in [1.807, 2.05) is 0 Å². The van der Waals surface area contributed by atoms with Crippen molar-refractivity contribution in [1.29, 1.82) is 0 Å². The summed E-state index contributed by atoms with van der Waals surface area (Å²) in [7, 11) is 0. The van der Waals surface area contributed by atoms with Crippen LogP contribution in [0.25, 0.3) is 10.9 Å². The lowest BCUT2D eigenvalue weighted by atomic mass is 10.2. The second-order valence-corrected chi connectivity index (χ2v) is 7.81. The number of aryl methyl sites for hydroxylation is 1. The Balaban J connectivity index is 1.42. The normalized spacial score (nSPS) is 11.5. The minimum atomic E-state index is -3.43. The number of halogens is 3. The average Bonchev–Trinajstić information content (AvgIpc) is 3.20. The molecule has 0 radical (unpaired) electrons. The highest BCUT2D eigenvalue weighted by molar-refractivity contribution is 6.35. The molecule has 0 fully saturated rings. The lowest BCUT2D eigenvalue weighted by Gasteiger charge is -2.16. The largest absolute Gasteiger partial charge is 0.359 e. The van der Waals surface area contributed by atoms with Crippen molar-refractivity contribution in [2.24, 2.45) is 0 Å². The van der Waals surface area contributed by atoms with E-state index in [-0.39, 0.29) is 18.9 Å². The van der Waals surface area contributed by atoms with Crippen LogP contribution in [0.3, 0.4) is 0 Å². The fourth-order valence-corrected chi connectivity index (χ4v) is 3.38. The van der Waals surface area contributed by atoms with Crippen molar-refractivity contribution < 1.29 is 13.6 Å². The van der Waals surface area contributed by atoms with Gasteiger partial charge in [-0.05, 0) is 19.1 Å². The molecule has 0 unspecified atom stereocenters. The summed E-state index contributed by atoms with van der Waals surface area (Å²) < 4.78 is 29.8. The molecule has 0 atom stereocenters. The molecule has 4 aromatic heterocycles. The van der Waals surface area contributed by atoms with Crippen molar-refractivity contribution in [2.45, 2.75) is 25.9 Å². The molecule has 0 saturated heterocycles. The summed E-state index contributed by atoms with van der Waals surface area (Å²) in [5.74, 6) is -4.89. The minimum absolute atomic E-state index is 0.115. The molecule has 0 saturated carbocycles. The molecule has 0 spiro atoms. The molecule has 13 heteroatoms. The van der Waals surface area contributed by atoms with Crippen LogP contribution < -0.4 is 16.2 Å². The fourth-order valence-electron chi connectivity index (χ4n) is 3.17. The van der Waals surface area contributed by atoms with Gasteiger partial charge in [-0.3, -0.25) is 19.1 Å². The molecule has 10 nitrogen and oxygen atoms in total. The Labute approximate surface area is 196 Å². The Bertz CT molecular complexity index is 1390. The molecule has 1 amide bonds. The van der Waals surface area contributed by atoms with E-state index in [4.69, 9.17) is 11.6 Å². The predicted molar refractivity (Wildman–Crippen MR) is 121 cm³/mol. The number of nitrogens with one attached hydrogen (secondary N) is 3. The number of carbonyl (C=O) groups is 1. The van der Waals surface area contributed by atoms with E-state index < -0.39 is 29.8 Å². The van der Waals surface area contributed by atoms with Gasteiger partial charge in [-0.1, -0.05) is 11.6 Å². The van der Waals surface area contributed by atoms with Crippen LogP contribution in [0.5, 0.6) is 0 Å². The van der Waals surface area contributed by atoms with E-state index in [1.54, 1.807) is 25.4 Å². The third kappa shape index (κ3) is 5.01. The first-order valence-electron chi connectivity index (χ1n) is 10.1. The fraction of sp³-hybridized carbons (Fsp3) is 0.238. The highest BCUT2D eigenvalue weighted by Crippen LogP contribution is 2.24. The SMILES string of the molecule is Cc1cnc(NCC(F)(F)c2ncccn2)c(=O)n1CC(=O)NCc1cc2c(Cl)c[nH]c2cn1. The zero-order valence-electron chi connectivity index (χ0n) is 17.8. The number of aromatic amines is 1. The average molecular weight is 489 g/mol. The van der Waals surface area contributed by atoms with Crippen LogP contribution in [0.1, 0.15) is 17.2 Å². The van der Waals surface area contributed by atoms with Crippen molar-refractivity contribution in [3.8, 4) is 0 Å². The molecule has 4 heterocycles. The third-order valence-electron chi connectivity index (χ3n) is 4.97. The molecule has 0 bridgehead atoms. The lowest BCUT2D eigenvalue weighted by molar-refractivity contribution is -0.121. The maximum absolute atomic E-state index is 14.3.